The number of aromatic nitrogens is 1. The molecule has 33 heavy (non-hydrogen) atoms. The van der Waals surface area contributed by atoms with Crippen LogP contribution in [0.2, 0.25) is 0 Å². The summed E-state index contributed by atoms with van der Waals surface area (Å²) in [6, 6.07) is 22.3. The van der Waals surface area contributed by atoms with Gasteiger partial charge in [0.2, 0.25) is 0 Å². The van der Waals surface area contributed by atoms with Gasteiger partial charge in [-0.3, -0.25) is 0 Å². The van der Waals surface area contributed by atoms with Crippen molar-refractivity contribution in [3.8, 4) is 5.69 Å². The van der Waals surface area contributed by atoms with Crippen LogP contribution in [0.15, 0.2) is 69.6 Å². The molecule has 4 rings (SSSR count). The van der Waals surface area contributed by atoms with Crippen LogP contribution in [0.1, 0.15) is 76.7 Å². The van der Waals surface area contributed by atoms with E-state index in [1.165, 1.54) is 104 Å². The van der Waals surface area contributed by atoms with Crippen LogP contribution in [-0.4, -0.2) is 4.57 Å². The first-order valence-corrected chi connectivity index (χ1v) is 14.2. The maximum atomic E-state index is 3.65. The summed E-state index contributed by atoms with van der Waals surface area (Å²) in [6.07, 6.45) is 15.1. The van der Waals surface area contributed by atoms with Crippen LogP contribution in [0.5, 0.6) is 0 Å². The minimum atomic E-state index is 1.11. The second-order valence-corrected chi connectivity index (χ2v) is 11.1. The van der Waals surface area contributed by atoms with Gasteiger partial charge in [0.1, 0.15) is 0 Å². The molecule has 0 N–H and O–H groups in total. The number of fused-ring (bicyclic) bond motifs is 3. The molecule has 0 radical (unpaired) electrons. The molecule has 1 heterocycles. The number of halogens is 2. The number of rotatable bonds is 12. The van der Waals surface area contributed by atoms with Gasteiger partial charge in [-0.2, -0.15) is 0 Å². The van der Waals surface area contributed by atoms with Gasteiger partial charge >= 0.3 is 0 Å². The van der Waals surface area contributed by atoms with Crippen molar-refractivity contribution >= 4 is 53.7 Å². The van der Waals surface area contributed by atoms with Gasteiger partial charge in [0.15, 0.2) is 0 Å². The summed E-state index contributed by atoms with van der Waals surface area (Å²) in [5.74, 6) is 0. The van der Waals surface area contributed by atoms with Gasteiger partial charge in [0, 0.05) is 25.4 Å². The minimum absolute atomic E-state index is 1.11. The lowest BCUT2D eigenvalue weighted by molar-refractivity contribution is 0.556. The summed E-state index contributed by atoms with van der Waals surface area (Å²) in [4.78, 5) is 0. The lowest BCUT2D eigenvalue weighted by Crippen LogP contribution is -1.94. The zero-order chi connectivity index (χ0) is 23.0. The largest absolute Gasteiger partial charge is 0.309 e. The highest BCUT2D eigenvalue weighted by molar-refractivity contribution is 9.10. The Hall–Kier alpha value is -1.58. The Morgan fingerprint density at radius 2 is 1.06 bits per heavy atom. The standard InChI is InChI=1S/C30H35Br2N/c1-2-3-4-5-6-7-8-9-10-11-12-23-13-17-26(18-14-23)33-29-19-15-24(31)21-27(29)28-22-25(32)16-20-30(28)33/h13-22H,2-12H2,1H3. The molecule has 0 spiro atoms. The van der Waals surface area contributed by atoms with E-state index < -0.39 is 0 Å². The Morgan fingerprint density at radius 1 is 0.576 bits per heavy atom. The molecular formula is C30H35Br2N. The molecule has 0 fully saturated rings. The summed E-state index contributed by atoms with van der Waals surface area (Å²) in [5, 5.41) is 2.55. The van der Waals surface area contributed by atoms with E-state index in [0.29, 0.717) is 0 Å². The lowest BCUT2D eigenvalue weighted by Gasteiger charge is -2.09. The van der Waals surface area contributed by atoms with E-state index in [1.807, 2.05) is 0 Å². The number of unbranched alkanes of at least 4 members (excludes halogenated alkanes) is 9. The smallest absolute Gasteiger partial charge is 0.0541 e. The quantitative estimate of drug-likeness (QED) is 0.150. The van der Waals surface area contributed by atoms with Gasteiger partial charge in [-0.1, -0.05) is 109 Å². The molecule has 3 aromatic carbocycles. The third kappa shape index (κ3) is 6.31. The molecule has 0 amide bonds. The first-order valence-electron chi connectivity index (χ1n) is 12.7. The molecule has 0 aliphatic carbocycles. The van der Waals surface area contributed by atoms with Crippen molar-refractivity contribution in [1.82, 2.24) is 4.57 Å². The maximum absolute atomic E-state index is 3.65. The van der Waals surface area contributed by atoms with E-state index in [2.05, 4.69) is 104 Å². The van der Waals surface area contributed by atoms with Gasteiger partial charge < -0.3 is 4.57 Å². The first kappa shape index (κ1) is 24.5. The van der Waals surface area contributed by atoms with E-state index in [1.54, 1.807) is 0 Å². The molecule has 0 bridgehead atoms. The molecule has 0 saturated carbocycles. The van der Waals surface area contributed by atoms with Gasteiger partial charge in [-0.05, 0) is 66.9 Å². The van der Waals surface area contributed by atoms with Crippen LogP contribution in [0.3, 0.4) is 0 Å². The van der Waals surface area contributed by atoms with Crippen LogP contribution in [0, 0.1) is 0 Å². The predicted molar refractivity (Wildman–Crippen MR) is 152 cm³/mol. The average molecular weight is 569 g/mol. The van der Waals surface area contributed by atoms with Crippen molar-refractivity contribution in [1.29, 1.82) is 0 Å². The molecule has 0 aliphatic heterocycles. The van der Waals surface area contributed by atoms with Crippen molar-refractivity contribution in [3.05, 3.63) is 75.2 Å². The SMILES string of the molecule is CCCCCCCCCCCCc1ccc(-n2c3ccc(Br)cc3c3cc(Br)ccc32)cc1. The van der Waals surface area contributed by atoms with Crippen LogP contribution in [0.4, 0.5) is 0 Å². The van der Waals surface area contributed by atoms with Gasteiger partial charge in [-0.15, -0.1) is 0 Å². The van der Waals surface area contributed by atoms with Crippen molar-refractivity contribution < 1.29 is 0 Å². The molecule has 1 nitrogen and oxygen atoms in total. The van der Waals surface area contributed by atoms with Crippen molar-refractivity contribution in [3.63, 3.8) is 0 Å². The van der Waals surface area contributed by atoms with Gasteiger partial charge in [0.05, 0.1) is 11.0 Å². The monoisotopic (exact) mass is 567 g/mol. The Balaban J connectivity index is 1.37. The number of nitrogens with zero attached hydrogens (tertiary/aromatic N) is 1. The molecule has 3 heteroatoms. The third-order valence-electron chi connectivity index (χ3n) is 6.70. The van der Waals surface area contributed by atoms with E-state index >= 15 is 0 Å². The number of benzene rings is 3. The lowest BCUT2D eigenvalue weighted by atomic mass is 10.0. The van der Waals surface area contributed by atoms with Gasteiger partial charge in [-0.25, -0.2) is 0 Å². The Kier molecular flexibility index (Phi) is 9.09. The number of aryl methyl sites for hydroxylation is 1. The maximum Gasteiger partial charge on any atom is 0.0541 e. The molecular weight excluding hydrogens is 534 g/mol. The fraction of sp³-hybridized carbons (Fsp3) is 0.400. The Labute approximate surface area is 215 Å². The second-order valence-electron chi connectivity index (χ2n) is 9.26. The fourth-order valence-electron chi connectivity index (χ4n) is 4.87. The normalized spacial score (nSPS) is 11.6. The number of hydrogen-bond acceptors (Lipinski definition) is 0. The summed E-state index contributed by atoms with van der Waals surface area (Å²) in [5.41, 5.74) is 5.17. The van der Waals surface area contributed by atoms with Crippen LogP contribution in [0.25, 0.3) is 27.5 Å². The summed E-state index contributed by atoms with van der Waals surface area (Å²) >= 11 is 7.29. The zero-order valence-electron chi connectivity index (χ0n) is 19.8. The third-order valence-corrected chi connectivity index (χ3v) is 7.69. The van der Waals surface area contributed by atoms with Crippen LogP contribution in [-0.2, 0) is 6.42 Å². The van der Waals surface area contributed by atoms with Crippen molar-refractivity contribution in [2.75, 3.05) is 0 Å². The second kappa shape index (κ2) is 12.2. The zero-order valence-corrected chi connectivity index (χ0v) is 22.9. The summed E-state index contributed by atoms with van der Waals surface area (Å²) in [6.45, 7) is 2.29. The molecule has 174 valence electrons. The van der Waals surface area contributed by atoms with Crippen LogP contribution >= 0.6 is 31.9 Å². The predicted octanol–water partition coefficient (Wildman–Crippen LogP) is 10.8. The van der Waals surface area contributed by atoms with E-state index in [9.17, 15) is 0 Å². The highest BCUT2D eigenvalue weighted by Gasteiger charge is 2.13. The molecule has 0 unspecified atom stereocenters. The van der Waals surface area contributed by atoms with E-state index in [0.717, 1.165) is 8.95 Å². The topological polar surface area (TPSA) is 4.93 Å². The molecule has 4 aromatic rings. The highest BCUT2D eigenvalue weighted by atomic mass is 79.9. The minimum Gasteiger partial charge on any atom is -0.309 e. The average Bonchev–Trinajstić information content (AvgIpc) is 3.13. The molecule has 1 aromatic heterocycles. The fourth-order valence-corrected chi connectivity index (χ4v) is 5.60. The highest BCUT2D eigenvalue weighted by Crippen LogP contribution is 2.35. The molecule has 0 aliphatic rings. The van der Waals surface area contributed by atoms with Crippen molar-refractivity contribution in [2.45, 2.75) is 77.6 Å². The van der Waals surface area contributed by atoms with Crippen molar-refractivity contribution in [2.24, 2.45) is 0 Å². The molecule has 0 saturated heterocycles. The van der Waals surface area contributed by atoms with Gasteiger partial charge in [0.25, 0.3) is 0 Å². The Morgan fingerprint density at radius 3 is 1.58 bits per heavy atom. The number of hydrogen-bond donors (Lipinski definition) is 0. The van der Waals surface area contributed by atoms with E-state index in [-0.39, 0.29) is 0 Å². The summed E-state index contributed by atoms with van der Waals surface area (Å²) in [7, 11) is 0. The molecule has 0 atom stereocenters. The van der Waals surface area contributed by atoms with Crippen LogP contribution < -0.4 is 0 Å². The van der Waals surface area contributed by atoms with E-state index in [4.69, 9.17) is 0 Å². The first-order chi connectivity index (χ1) is 16.2. The summed E-state index contributed by atoms with van der Waals surface area (Å²) < 4.78 is 4.61. The Bertz CT molecular complexity index is 1110.